The highest BCUT2D eigenvalue weighted by Crippen LogP contribution is 2.38. The van der Waals surface area contributed by atoms with Crippen LogP contribution in [0.5, 0.6) is 11.5 Å². The number of ether oxygens (including phenoxy) is 3. The predicted molar refractivity (Wildman–Crippen MR) is 105 cm³/mol. The van der Waals surface area contributed by atoms with Crippen LogP contribution in [0.2, 0.25) is 0 Å². The molecule has 7 nitrogen and oxygen atoms in total. The highest BCUT2D eigenvalue weighted by atomic mass is 16.5. The van der Waals surface area contributed by atoms with Crippen molar-refractivity contribution in [2.75, 3.05) is 27.4 Å². The molecule has 1 fully saturated rings. The third-order valence-corrected chi connectivity index (χ3v) is 4.98. The van der Waals surface area contributed by atoms with Crippen LogP contribution in [0.3, 0.4) is 0 Å². The zero-order chi connectivity index (χ0) is 20.8. The molecule has 7 heteroatoms. The quantitative estimate of drug-likeness (QED) is 0.528. The van der Waals surface area contributed by atoms with Crippen LogP contribution in [0.25, 0.3) is 0 Å². The lowest BCUT2D eigenvalue weighted by Crippen LogP contribution is -2.34. The summed E-state index contributed by atoms with van der Waals surface area (Å²) in [6.07, 6.45) is 2.33. The average molecular weight is 397 g/mol. The van der Waals surface area contributed by atoms with Crippen molar-refractivity contribution in [2.24, 2.45) is 0 Å². The molecular formula is C22H23NO6. The molecule has 0 spiro atoms. The average Bonchev–Trinajstić information content (AvgIpc) is 3.26. The number of likely N-dealkylation sites (tertiary alicyclic amines) is 1. The van der Waals surface area contributed by atoms with Gasteiger partial charge in [-0.25, -0.2) is 4.79 Å². The molecule has 1 saturated heterocycles. The van der Waals surface area contributed by atoms with Gasteiger partial charge in [-0.05, 0) is 43.2 Å². The second-order valence-electron chi connectivity index (χ2n) is 6.67. The molecule has 29 heavy (non-hydrogen) atoms. The topological polar surface area (TPSA) is 82.1 Å². The minimum Gasteiger partial charge on any atom is -0.497 e. The van der Waals surface area contributed by atoms with E-state index in [-0.39, 0.29) is 24.1 Å². The first kappa shape index (κ1) is 20.4. The molecule has 3 rings (SSSR count). The molecule has 152 valence electrons. The van der Waals surface area contributed by atoms with Crippen molar-refractivity contribution in [1.82, 2.24) is 4.90 Å². The number of benzene rings is 2. The fraction of sp³-hybridized carbons (Fsp3) is 0.318. The van der Waals surface area contributed by atoms with Crippen LogP contribution in [0.1, 0.15) is 45.2 Å². The molecule has 1 heterocycles. The van der Waals surface area contributed by atoms with Crippen molar-refractivity contribution < 1.29 is 28.6 Å². The van der Waals surface area contributed by atoms with E-state index in [2.05, 4.69) is 0 Å². The number of methoxy groups -OCH3 is 2. The predicted octanol–water partition coefficient (Wildman–Crippen LogP) is 3.04. The number of amides is 1. The lowest BCUT2D eigenvalue weighted by molar-refractivity contribution is -0.135. The van der Waals surface area contributed by atoms with Gasteiger partial charge in [0.25, 0.3) is 5.91 Å². The van der Waals surface area contributed by atoms with E-state index in [1.165, 1.54) is 24.3 Å². The third kappa shape index (κ3) is 4.56. The summed E-state index contributed by atoms with van der Waals surface area (Å²) in [5.74, 6) is 0.494. The van der Waals surface area contributed by atoms with Crippen molar-refractivity contribution in [2.45, 2.75) is 18.9 Å². The van der Waals surface area contributed by atoms with Gasteiger partial charge in [-0.3, -0.25) is 9.59 Å². The number of hydrogen-bond donors (Lipinski definition) is 0. The molecule has 1 amide bonds. The number of rotatable bonds is 7. The largest absolute Gasteiger partial charge is 0.497 e. The zero-order valence-corrected chi connectivity index (χ0v) is 16.4. The van der Waals surface area contributed by atoms with Crippen molar-refractivity contribution >= 4 is 18.2 Å². The molecule has 0 radical (unpaired) electrons. The number of nitrogens with zero attached hydrogens (tertiary/aromatic N) is 1. The van der Waals surface area contributed by atoms with E-state index in [1.54, 1.807) is 25.2 Å². The van der Waals surface area contributed by atoms with Crippen molar-refractivity contribution in [1.29, 1.82) is 0 Å². The molecule has 2 aromatic carbocycles. The van der Waals surface area contributed by atoms with Crippen molar-refractivity contribution in [3.63, 3.8) is 0 Å². The van der Waals surface area contributed by atoms with E-state index in [0.717, 1.165) is 18.4 Å². The third-order valence-electron chi connectivity index (χ3n) is 4.98. The van der Waals surface area contributed by atoms with Crippen LogP contribution in [0.15, 0.2) is 42.5 Å². The first-order chi connectivity index (χ1) is 14.1. The maximum atomic E-state index is 12.7. The van der Waals surface area contributed by atoms with E-state index >= 15 is 0 Å². The first-order valence-corrected chi connectivity index (χ1v) is 9.31. The molecular weight excluding hydrogens is 374 g/mol. The van der Waals surface area contributed by atoms with Gasteiger partial charge in [0.15, 0.2) is 6.61 Å². The number of carbonyl (C=O) groups is 3. The van der Waals surface area contributed by atoms with E-state index in [1.807, 2.05) is 12.1 Å². The molecule has 0 unspecified atom stereocenters. The summed E-state index contributed by atoms with van der Waals surface area (Å²) in [7, 11) is 3.17. The molecule has 0 saturated carbocycles. The Morgan fingerprint density at radius 2 is 1.86 bits per heavy atom. The maximum Gasteiger partial charge on any atom is 0.338 e. The van der Waals surface area contributed by atoms with Gasteiger partial charge in [0.05, 0.1) is 25.8 Å². The highest BCUT2D eigenvalue weighted by molar-refractivity contribution is 5.92. The Hall–Kier alpha value is -3.35. The number of aldehydes is 1. The van der Waals surface area contributed by atoms with Gasteiger partial charge in [-0.15, -0.1) is 0 Å². The van der Waals surface area contributed by atoms with Crippen LogP contribution in [0.4, 0.5) is 0 Å². The van der Waals surface area contributed by atoms with Gasteiger partial charge >= 0.3 is 5.97 Å². The Morgan fingerprint density at radius 1 is 1.10 bits per heavy atom. The lowest BCUT2D eigenvalue weighted by Gasteiger charge is -2.26. The summed E-state index contributed by atoms with van der Waals surface area (Å²) >= 11 is 0. The number of hydrogen-bond acceptors (Lipinski definition) is 6. The van der Waals surface area contributed by atoms with Crippen LogP contribution in [-0.2, 0) is 9.53 Å². The van der Waals surface area contributed by atoms with E-state index < -0.39 is 5.97 Å². The van der Waals surface area contributed by atoms with Crippen molar-refractivity contribution in [3.8, 4) is 11.5 Å². The van der Waals surface area contributed by atoms with Crippen LogP contribution < -0.4 is 9.47 Å². The van der Waals surface area contributed by atoms with Crippen molar-refractivity contribution in [3.05, 3.63) is 59.2 Å². The molecule has 1 aliphatic heterocycles. The lowest BCUT2D eigenvalue weighted by atomic mass is 10.0. The van der Waals surface area contributed by atoms with Gasteiger partial charge in [-0.1, -0.05) is 12.1 Å². The Kier molecular flexibility index (Phi) is 6.49. The second-order valence-corrected chi connectivity index (χ2v) is 6.67. The Balaban J connectivity index is 1.68. The smallest absolute Gasteiger partial charge is 0.338 e. The monoisotopic (exact) mass is 397 g/mol. The van der Waals surface area contributed by atoms with Gasteiger partial charge in [0.1, 0.15) is 17.8 Å². The Labute approximate surface area is 169 Å². The fourth-order valence-corrected chi connectivity index (χ4v) is 3.48. The summed E-state index contributed by atoms with van der Waals surface area (Å²) in [5.41, 5.74) is 1.62. The first-order valence-electron chi connectivity index (χ1n) is 9.31. The van der Waals surface area contributed by atoms with Gasteiger partial charge < -0.3 is 19.1 Å². The minimum absolute atomic E-state index is 0.168. The molecule has 2 aromatic rings. The Morgan fingerprint density at radius 3 is 2.52 bits per heavy atom. The van der Waals surface area contributed by atoms with Crippen LogP contribution >= 0.6 is 0 Å². The molecule has 0 bridgehead atoms. The van der Waals surface area contributed by atoms with Crippen LogP contribution in [0, 0.1) is 0 Å². The summed E-state index contributed by atoms with van der Waals surface area (Å²) < 4.78 is 15.9. The standard InChI is InChI=1S/C22H23NO6/c1-27-17-9-10-20(28-2)18(12-17)19-4-3-11-23(19)21(25)14-29-22(26)16-7-5-15(13-24)6-8-16/h5-10,12-13,19H,3-4,11,14H2,1-2H3/t19-/m0/s1. The highest BCUT2D eigenvalue weighted by Gasteiger charge is 2.32. The Bertz CT molecular complexity index is 893. The number of esters is 1. The summed E-state index contributed by atoms with van der Waals surface area (Å²) in [6, 6.07) is 11.4. The molecule has 0 aliphatic carbocycles. The van der Waals surface area contributed by atoms with Crippen LogP contribution in [-0.4, -0.2) is 50.4 Å². The van der Waals surface area contributed by atoms with Gasteiger partial charge in [0, 0.05) is 17.7 Å². The van der Waals surface area contributed by atoms with E-state index in [0.29, 0.717) is 29.9 Å². The molecule has 0 N–H and O–H groups in total. The van der Waals surface area contributed by atoms with Gasteiger partial charge in [0.2, 0.25) is 0 Å². The van der Waals surface area contributed by atoms with E-state index in [4.69, 9.17) is 14.2 Å². The summed E-state index contributed by atoms with van der Waals surface area (Å²) in [6.45, 7) is 0.229. The maximum absolute atomic E-state index is 12.7. The molecule has 1 aliphatic rings. The molecule has 0 aromatic heterocycles. The SMILES string of the molecule is COc1ccc(OC)c([C@@H]2CCCN2C(=O)COC(=O)c2ccc(C=O)cc2)c1. The normalized spacial score (nSPS) is 15.7. The fourth-order valence-electron chi connectivity index (χ4n) is 3.48. The second kappa shape index (κ2) is 9.23. The zero-order valence-electron chi connectivity index (χ0n) is 16.4. The van der Waals surface area contributed by atoms with E-state index in [9.17, 15) is 14.4 Å². The molecule has 1 atom stereocenters. The summed E-state index contributed by atoms with van der Waals surface area (Å²) in [4.78, 5) is 37.3. The minimum atomic E-state index is -0.606. The number of carbonyl (C=O) groups excluding carboxylic acids is 3. The summed E-state index contributed by atoms with van der Waals surface area (Å²) in [5, 5.41) is 0. The van der Waals surface area contributed by atoms with Gasteiger partial charge in [-0.2, -0.15) is 0 Å².